The molecule has 34 heavy (non-hydrogen) atoms. The lowest BCUT2D eigenvalue weighted by molar-refractivity contribution is 0.0206. The molecule has 0 saturated carbocycles. The molecule has 0 bridgehead atoms. The SMILES string of the molecule is C#CCOCC(O)CN(CCOC)Cc1c(-c2ccccc2)nn(C)c1Oc1cccc(C)c1. The predicted octanol–water partition coefficient (Wildman–Crippen LogP) is 3.65. The summed E-state index contributed by atoms with van der Waals surface area (Å²) in [6, 6.07) is 17.9. The molecular weight excluding hydrogens is 430 g/mol. The number of benzene rings is 2. The molecule has 180 valence electrons. The minimum atomic E-state index is -0.691. The van der Waals surface area contributed by atoms with Gasteiger partial charge in [0.25, 0.3) is 0 Å². The van der Waals surface area contributed by atoms with Crippen molar-refractivity contribution in [3.05, 3.63) is 65.7 Å². The fourth-order valence-electron chi connectivity index (χ4n) is 3.72. The Morgan fingerprint density at radius 2 is 1.97 bits per heavy atom. The van der Waals surface area contributed by atoms with Crippen LogP contribution in [-0.4, -0.2) is 65.9 Å². The largest absolute Gasteiger partial charge is 0.439 e. The average molecular weight is 464 g/mol. The summed E-state index contributed by atoms with van der Waals surface area (Å²) in [6.07, 6.45) is 4.55. The van der Waals surface area contributed by atoms with E-state index in [0.29, 0.717) is 32.1 Å². The molecule has 0 saturated heterocycles. The van der Waals surface area contributed by atoms with Crippen molar-refractivity contribution in [2.45, 2.75) is 19.6 Å². The third-order valence-electron chi connectivity index (χ3n) is 5.30. The summed E-state index contributed by atoms with van der Waals surface area (Å²) in [7, 11) is 3.54. The second-order valence-electron chi connectivity index (χ2n) is 8.14. The molecule has 0 aliphatic heterocycles. The molecule has 0 aliphatic rings. The van der Waals surface area contributed by atoms with E-state index in [1.807, 2.05) is 68.6 Å². The number of aromatic nitrogens is 2. The highest BCUT2D eigenvalue weighted by atomic mass is 16.5. The van der Waals surface area contributed by atoms with Gasteiger partial charge < -0.3 is 19.3 Å². The fraction of sp³-hybridized carbons (Fsp3) is 0.370. The van der Waals surface area contributed by atoms with Crippen molar-refractivity contribution >= 4 is 0 Å². The maximum absolute atomic E-state index is 10.5. The van der Waals surface area contributed by atoms with Crippen LogP contribution < -0.4 is 4.74 Å². The number of hydrogen-bond acceptors (Lipinski definition) is 6. The summed E-state index contributed by atoms with van der Waals surface area (Å²) in [5.74, 6) is 3.82. The third-order valence-corrected chi connectivity index (χ3v) is 5.30. The van der Waals surface area contributed by atoms with Gasteiger partial charge in [-0.1, -0.05) is 48.4 Å². The first kappa shape index (κ1) is 25.5. The van der Waals surface area contributed by atoms with Crippen LogP contribution >= 0.6 is 0 Å². The van der Waals surface area contributed by atoms with Gasteiger partial charge in [0.2, 0.25) is 5.88 Å². The van der Waals surface area contributed by atoms with Gasteiger partial charge >= 0.3 is 0 Å². The van der Waals surface area contributed by atoms with E-state index in [-0.39, 0.29) is 13.2 Å². The van der Waals surface area contributed by atoms with Crippen molar-refractivity contribution in [3.8, 4) is 35.2 Å². The standard InChI is InChI=1S/C27H33N3O4/c1-5-15-33-20-23(31)18-30(14-16-32-4)19-25-26(22-11-7-6-8-12-22)28-29(3)27(25)34-24-13-9-10-21(2)17-24/h1,6-13,17,23,31H,14-16,18-20H2,2-4H3. The van der Waals surface area contributed by atoms with Crippen LogP contribution in [-0.2, 0) is 23.1 Å². The maximum atomic E-state index is 10.5. The molecule has 1 unspecified atom stereocenters. The Morgan fingerprint density at radius 3 is 2.68 bits per heavy atom. The molecular formula is C27H33N3O4. The van der Waals surface area contributed by atoms with Gasteiger partial charge in [-0.3, -0.25) is 4.90 Å². The first-order valence-corrected chi connectivity index (χ1v) is 11.3. The Hall–Kier alpha value is -3.15. The van der Waals surface area contributed by atoms with Gasteiger partial charge in [0.15, 0.2) is 0 Å². The zero-order valence-electron chi connectivity index (χ0n) is 20.1. The second-order valence-corrected chi connectivity index (χ2v) is 8.14. The molecule has 1 heterocycles. The van der Waals surface area contributed by atoms with Crippen LogP contribution in [0.1, 0.15) is 11.1 Å². The molecule has 0 amide bonds. The topological polar surface area (TPSA) is 69.0 Å². The Labute approximate surface area is 201 Å². The first-order chi connectivity index (χ1) is 16.5. The lowest BCUT2D eigenvalue weighted by Gasteiger charge is -2.25. The maximum Gasteiger partial charge on any atom is 0.222 e. The summed E-state index contributed by atoms with van der Waals surface area (Å²) in [6.45, 7) is 4.41. The quantitative estimate of drug-likeness (QED) is 0.308. The number of aliphatic hydroxyl groups excluding tert-OH is 1. The highest BCUT2D eigenvalue weighted by Gasteiger charge is 2.23. The molecule has 2 aromatic carbocycles. The lowest BCUT2D eigenvalue weighted by atomic mass is 10.1. The van der Waals surface area contributed by atoms with E-state index in [1.54, 1.807) is 11.8 Å². The normalized spacial score (nSPS) is 12.0. The number of methoxy groups -OCH3 is 1. The molecule has 3 aromatic rings. The van der Waals surface area contributed by atoms with Crippen molar-refractivity contribution < 1.29 is 19.3 Å². The van der Waals surface area contributed by atoms with Crippen LogP contribution in [0.5, 0.6) is 11.6 Å². The molecule has 7 heteroatoms. The Balaban J connectivity index is 1.93. The molecule has 3 rings (SSSR count). The molecule has 1 N–H and O–H groups in total. The van der Waals surface area contributed by atoms with Gasteiger partial charge in [-0.25, -0.2) is 4.68 Å². The monoisotopic (exact) mass is 463 g/mol. The number of aryl methyl sites for hydroxylation is 2. The minimum absolute atomic E-state index is 0.166. The molecule has 1 atom stereocenters. The van der Waals surface area contributed by atoms with Crippen LogP contribution in [0.2, 0.25) is 0 Å². The van der Waals surface area contributed by atoms with E-state index in [9.17, 15) is 5.11 Å². The summed E-state index contributed by atoms with van der Waals surface area (Å²) >= 11 is 0. The smallest absolute Gasteiger partial charge is 0.222 e. The average Bonchev–Trinajstić information content (AvgIpc) is 3.13. The molecule has 1 aromatic heterocycles. The Kier molecular flexibility index (Phi) is 9.68. The number of hydrogen-bond donors (Lipinski definition) is 1. The third kappa shape index (κ3) is 7.17. The van der Waals surface area contributed by atoms with Gasteiger partial charge in [0, 0.05) is 39.4 Å². The minimum Gasteiger partial charge on any atom is -0.439 e. The van der Waals surface area contributed by atoms with Gasteiger partial charge in [-0.15, -0.1) is 6.42 Å². The van der Waals surface area contributed by atoms with Crippen LogP contribution in [0, 0.1) is 19.3 Å². The number of aliphatic hydroxyl groups is 1. The van der Waals surface area contributed by atoms with Gasteiger partial charge in [0.05, 0.1) is 24.9 Å². The second kappa shape index (κ2) is 12.9. The molecule has 7 nitrogen and oxygen atoms in total. The molecule has 0 fully saturated rings. The van der Waals surface area contributed by atoms with Gasteiger partial charge in [-0.2, -0.15) is 5.10 Å². The van der Waals surface area contributed by atoms with Crippen molar-refractivity contribution in [2.24, 2.45) is 7.05 Å². The van der Waals surface area contributed by atoms with Crippen molar-refractivity contribution in [2.75, 3.05) is 40.0 Å². The highest BCUT2D eigenvalue weighted by Crippen LogP contribution is 2.34. The summed E-state index contributed by atoms with van der Waals surface area (Å²) < 4.78 is 18.8. The Morgan fingerprint density at radius 1 is 1.18 bits per heavy atom. The molecule has 0 aliphatic carbocycles. The fourth-order valence-corrected chi connectivity index (χ4v) is 3.72. The number of ether oxygens (including phenoxy) is 3. The van der Waals surface area contributed by atoms with Crippen molar-refractivity contribution in [1.29, 1.82) is 0 Å². The molecule has 0 radical (unpaired) electrons. The van der Waals surface area contributed by atoms with Crippen molar-refractivity contribution in [3.63, 3.8) is 0 Å². The van der Waals surface area contributed by atoms with E-state index in [2.05, 4.69) is 10.8 Å². The summed E-state index contributed by atoms with van der Waals surface area (Å²) in [5.41, 5.74) is 3.88. The van der Waals surface area contributed by atoms with E-state index >= 15 is 0 Å². The van der Waals surface area contributed by atoms with Crippen LogP contribution in [0.25, 0.3) is 11.3 Å². The zero-order chi connectivity index (χ0) is 24.3. The summed E-state index contributed by atoms with van der Waals surface area (Å²) in [5, 5.41) is 15.3. The zero-order valence-corrected chi connectivity index (χ0v) is 20.1. The van der Waals surface area contributed by atoms with E-state index < -0.39 is 6.10 Å². The molecule has 0 spiro atoms. The predicted molar refractivity (Wildman–Crippen MR) is 133 cm³/mol. The van der Waals surface area contributed by atoms with Gasteiger partial charge in [-0.05, 0) is 24.6 Å². The summed E-state index contributed by atoms with van der Waals surface area (Å²) in [4.78, 5) is 2.11. The Bertz CT molecular complexity index is 1080. The first-order valence-electron chi connectivity index (χ1n) is 11.3. The number of terminal acetylenes is 1. The van der Waals surface area contributed by atoms with Crippen LogP contribution in [0.3, 0.4) is 0 Å². The van der Waals surface area contributed by atoms with E-state index in [1.165, 1.54) is 0 Å². The van der Waals surface area contributed by atoms with Crippen LogP contribution in [0.15, 0.2) is 54.6 Å². The van der Waals surface area contributed by atoms with Crippen LogP contribution in [0.4, 0.5) is 0 Å². The van der Waals surface area contributed by atoms with Crippen molar-refractivity contribution in [1.82, 2.24) is 14.7 Å². The van der Waals surface area contributed by atoms with Gasteiger partial charge in [0.1, 0.15) is 18.1 Å². The number of rotatable bonds is 13. The highest BCUT2D eigenvalue weighted by molar-refractivity contribution is 5.65. The van der Waals surface area contributed by atoms with E-state index in [4.69, 9.17) is 25.7 Å². The number of nitrogens with zero attached hydrogens (tertiary/aromatic N) is 3. The van der Waals surface area contributed by atoms with E-state index in [0.717, 1.165) is 28.1 Å². The lowest BCUT2D eigenvalue weighted by Crippen LogP contribution is -2.36.